The van der Waals surface area contributed by atoms with Crippen molar-refractivity contribution in [3.05, 3.63) is 185 Å². The predicted octanol–water partition coefficient (Wildman–Crippen LogP) is 10.4. The van der Waals surface area contributed by atoms with E-state index in [0.29, 0.717) is 17.5 Å². The van der Waals surface area contributed by atoms with Gasteiger partial charge in [-0.1, -0.05) is 121 Å². The first-order valence-corrected chi connectivity index (χ1v) is 17.4. The topological polar surface area (TPSA) is 73.7 Å². The fraction of sp³-hybridized carbons (Fsp3) is 0.0652. The van der Waals surface area contributed by atoms with E-state index in [9.17, 15) is 0 Å². The summed E-state index contributed by atoms with van der Waals surface area (Å²) in [6.07, 6.45) is 0. The second kappa shape index (κ2) is 11.6. The lowest BCUT2D eigenvalue weighted by Gasteiger charge is -2.39. The number of fused-ring (bicyclic) bond motifs is 9. The van der Waals surface area contributed by atoms with E-state index >= 15 is 0 Å². The molecular formula is C46H31N5O. The summed E-state index contributed by atoms with van der Waals surface area (Å²) in [5, 5.41) is 0. The molecular weight excluding hydrogens is 639 g/mol. The molecule has 1 aliphatic heterocycles. The van der Waals surface area contributed by atoms with E-state index in [1.54, 1.807) is 0 Å². The van der Waals surface area contributed by atoms with Crippen molar-refractivity contribution in [1.29, 1.82) is 0 Å². The average Bonchev–Trinajstić information content (AvgIpc) is 3.48. The van der Waals surface area contributed by atoms with E-state index in [2.05, 4.69) is 119 Å². The third-order valence-corrected chi connectivity index (χ3v) is 10.2. The fourth-order valence-electron chi connectivity index (χ4n) is 8.00. The summed E-state index contributed by atoms with van der Waals surface area (Å²) in [6.45, 7) is 3.90. The highest BCUT2D eigenvalue weighted by atomic mass is 16.5. The molecule has 3 heterocycles. The minimum atomic E-state index is -0.584. The number of hydrogen-bond donors (Lipinski definition) is 0. The summed E-state index contributed by atoms with van der Waals surface area (Å²) >= 11 is 0. The summed E-state index contributed by atoms with van der Waals surface area (Å²) < 4.78 is 6.67. The average molecular weight is 670 g/mol. The Morgan fingerprint density at radius 1 is 0.404 bits per heavy atom. The Hall–Kier alpha value is -6.79. The van der Waals surface area contributed by atoms with E-state index in [-0.39, 0.29) is 0 Å². The highest BCUT2D eigenvalue weighted by Gasteiger charge is 2.51. The van der Waals surface area contributed by atoms with E-state index < -0.39 is 5.41 Å². The Kier molecular flexibility index (Phi) is 6.73. The Balaban J connectivity index is 1.17. The van der Waals surface area contributed by atoms with Gasteiger partial charge in [-0.3, -0.25) is 0 Å². The van der Waals surface area contributed by atoms with Crippen molar-refractivity contribution in [2.24, 2.45) is 0 Å². The predicted molar refractivity (Wildman–Crippen MR) is 204 cm³/mol. The number of benzene rings is 6. The molecule has 8 aromatic rings. The standard InChI is InChI=1S/C46H31N5O/c1-28-26-40(48-29(2)47-28)30-20-22-32(23-21-30)44-49-43(31-12-4-3-5-13-31)50-45(51-44)33-24-25-42-39(27-33)46(38-18-10-11-19-41(38)52-42)36-16-8-6-14-34(36)35-15-7-9-17-37(35)46/h3-27H,1-2H3. The van der Waals surface area contributed by atoms with Crippen LogP contribution in [0.1, 0.15) is 33.8 Å². The van der Waals surface area contributed by atoms with E-state index in [4.69, 9.17) is 19.7 Å². The second-order valence-corrected chi connectivity index (χ2v) is 13.3. The van der Waals surface area contributed by atoms with Crippen molar-refractivity contribution in [1.82, 2.24) is 24.9 Å². The molecule has 0 fully saturated rings. The van der Waals surface area contributed by atoms with Gasteiger partial charge in [-0.25, -0.2) is 24.9 Å². The molecule has 0 saturated heterocycles. The lowest BCUT2D eigenvalue weighted by Crippen LogP contribution is -2.32. The molecule has 6 nitrogen and oxygen atoms in total. The van der Waals surface area contributed by atoms with Crippen molar-refractivity contribution >= 4 is 0 Å². The molecule has 0 N–H and O–H groups in total. The Morgan fingerprint density at radius 2 is 0.923 bits per heavy atom. The number of para-hydroxylation sites is 1. The second-order valence-electron chi connectivity index (χ2n) is 13.3. The molecule has 1 spiro atoms. The quantitative estimate of drug-likeness (QED) is 0.186. The van der Waals surface area contributed by atoms with Crippen LogP contribution in [0.2, 0.25) is 0 Å². The van der Waals surface area contributed by atoms with Gasteiger partial charge in [-0.05, 0) is 66.4 Å². The zero-order valence-corrected chi connectivity index (χ0v) is 28.6. The molecule has 52 heavy (non-hydrogen) atoms. The van der Waals surface area contributed by atoms with Crippen LogP contribution in [0.5, 0.6) is 11.5 Å². The molecule has 0 amide bonds. The normalized spacial score (nSPS) is 13.1. The highest BCUT2D eigenvalue weighted by Crippen LogP contribution is 2.62. The van der Waals surface area contributed by atoms with Crippen molar-refractivity contribution in [2.45, 2.75) is 19.3 Å². The number of ether oxygens (including phenoxy) is 1. The minimum Gasteiger partial charge on any atom is -0.457 e. The molecule has 2 aliphatic rings. The largest absolute Gasteiger partial charge is 0.457 e. The first-order valence-electron chi connectivity index (χ1n) is 17.4. The summed E-state index contributed by atoms with van der Waals surface area (Å²) in [4.78, 5) is 24.3. The number of nitrogens with zero attached hydrogens (tertiary/aromatic N) is 5. The van der Waals surface area contributed by atoms with Gasteiger partial charge in [-0.15, -0.1) is 0 Å². The molecule has 0 radical (unpaired) electrons. The third kappa shape index (κ3) is 4.61. The lowest BCUT2D eigenvalue weighted by atomic mass is 9.66. The van der Waals surface area contributed by atoms with Gasteiger partial charge in [0.1, 0.15) is 17.3 Å². The van der Waals surface area contributed by atoms with Crippen LogP contribution < -0.4 is 4.74 Å². The van der Waals surface area contributed by atoms with E-state index in [1.807, 2.05) is 56.3 Å². The maximum Gasteiger partial charge on any atom is 0.164 e. The Bertz CT molecular complexity index is 2620. The van der Waals surface area contributed by atoms with Gasteiger partial charge < -0.3 is 4.74 Å². The van der Waals surface area contributed by atoms with E-state index in [1.165, 1.54) is 22.3 Å². The summed E-state index contributed by atoms with van der Waals surface area (Å²) in [6, 6.07) is 52.6. The monoisotopic (exact) mass is 669 g/mol. The molecule has 0 saturated carbocycles. The first kappa shape index (κ1) is 30.1. The van der Waals surface area contributed by atoms with Gasteiger partial charge in [0, 0.05) is 39.1 Å². The third-order valence-electron chi connectivity index (χ3n) is 10.2. The zero-order valence-electron chi connectivity index (χ0n) is 28.6. The molecule has 0 unspecified atom stereocenters. The summed E-state index contributed by atoms with van der Waals surface area (Å²) in [5.41, 5.74) is 12.0. The van der Waals surface area contributed by atoms with Crippen LogP contribution in [0.3, 0.4) is 0 Å². The van der Waals surface area contributed by atoms with Crippen molar-refractivity contribution in [3.8, 4) is 68.0 Å². The number of aryl methyl sites for hydroxylation is 2. The summed E-state index contributed by atoms with van der Waals surface area (Å²) in [7, 11) is 0. The molecule has 6 aromatic carbocycles. The molecule has 0 atom stereocenters. The number of rotatable bonds is 4. The van der Waals surface area contributed by atoms with Crippen LogP contribution in [-0.2, 0) is 5.41 Å². The molecule has 0 bridgehead atoms. The van der Waals surface area contributed by atoms with E-state index in [0.717, 1.165) is 62.1 Å². The van der Waals surface area contributed by atoms with Gasteiger partial charge in [0.2, 0.25) is 0 Å². The van der Waals surface area contributed by atoms with Crippen LogP contribution >= 0.6 is 0 Å². The Labute approximate surface area is 301 Å². The van der Waals surface area contributed by atoms with Crippen molar-refractivity contribution in [2.75, 3.05) is 0 Å². The molecule has 246 valence electrons. The smallest absolute Gasteiger partial charge is 0.164 e. The maximum atomic E-state index is 6.67. The van der Waals surface area contributed by atoms with Crippen LogP contribution in [0.15, 0.2) is 152 Å². The van der Waals surface area contributed by atoms with Gasteiger partial charge in [0.05, 0.1) is 11.1 Å². The van der Waals surface area contributed by atoms with Gasteiger partial charge in [-0.2, -0.15) is 0 Å². The lowest BCUT2D eigenvalue weighted by molar-refractivity contribution is 0.436. The van der Waals surface area contributed by atoms with Gasteiger partial charge in [0.15, 0.2) is 17.5 Å². The molecule has 2 aromatic heterocycles. The molecule has 10 rings (SSSR count). The van der Waals surface area contributed by atoms with Crippen LogP contribution in [0, 0.1) is 13.8 Å². The first-order chi connectivity index (χ1) is 25.6. The fourth-order valence-corrected chi connectivity index (χ4v) is 8.00. The Morgan fingerprint density at radius 3 is 1.60 bits per heavy atom. The summed E-state index contributed by atoms with van der Waals surface area (Å²) in [5.74, 6) is 4.22. The molecule has 1 aliphatic carbocycles. The van der Waals surface area contributed by atoms with Crippen LogP contribution in [0.25, 0.3) is 56.5 Å². The van der Waals surface area contributed by atoms with Gasteiger partial charge >= 0.3 is 0 Å². The maximum absolute atomic E-state index is 6.67. The van der Waals surface area contributed by atoms with Crippen molar-refractivity contribution < 1.29 is 4.74 Å². The highest BCUT2D eigenvalue weighted by molar-refractivity contribution is 5.89. The minimum absolute atomic E-state index is 0.584. The van der Waals surface area contributed by atoms with Crippen LogP contribution in [0.4, 0.5) is 0 Å². The molecule has 6 heteroatoms. The SMILES string of the molecule is Cc1cc(-c2ccc(-c3nc(-c4ccccc4)nc(-c4ccc5c(c4)C4(c6ccccc6O5)c5ccccc5-c5ccccc54)n3)cc2)nc(C)n1. The van der Waals surface area contributed by atoms with Crippen LogP contribution in [-0.4, -0.2) is 24.9 Å². The number of hydrogen-bond acceptors (Lipinski definition) is 6. The zero-order chi connectivity index (χ0) is 34.8. The van der Waals surface area contributed by atoms with Gasteiger partial charge in [0.25, 0.3) is 0 Å². The number of aromatic nitrogens is 5. The van der Waals surface area contributed by atoms with Crippen molar-refractivity contribution in [3.63, 3.8) is 0 Å².